The Kier molecular flexibility index (Phi) is 8.95. The van der Waals surface area contributed by atoms with Crippen molar-refractivity contribution in [1.82, 2.24) is 16.0 Å². The minimum Gasteiger partial charge on any atom is -0.358 e. The number of likely N-dealkylation sites (N-methyl/N-ethyl adjacent to an activating group) is 1. The van der Waals surface area contributed by atoms with E-state index in [2.05, 4.69) is 27.7 Å². The third-order valence-electron chi connectivity index (χ3n) is 1.93. The molecule has 0 saturated heterocycles. The predicted molar refractivity (Wildman–Crippen MR) is 61.7 cm³/mol. The topological polar surface area (TPSA) is 91.5 Å². The zero-order valence-corrected chi connectivity index (χ0v) is 9.25. The monoisotopic (exact) mass is 215 g/mol. The molecular formula is C9H21N5O. The lowest BCUT2D eigenvalue weighted by molar-refractivity contribution is -0.122. The molecule has 0 fully saturated rings. The number of nitrogens with one attached hydrogen (secondary N) is 3. The fourth-order valence-electron chi connectivity index (χ4n) is 1.08. The summed E-state index contributed by atoms with van der Waals surface area (Å²) in [6.07, 6.45) is 1.56. The summed E-state index contributed by atoms with van der Waals surface area (Å²) in [5.41, 5.74) is 5.61. The van der Waals surface area contributed by atoms with Crippen LogP contribution in [0.2, 0.25) is 0 Å². The van der Waals surface area contributed by atoms with Gasteiger partial charge in [0.2, 0.25) is 5.91 Å². The van der Waals surface area contributed by atoms with E-state index in [9.17, 15) is 4.79 Å². The lowest BCUT2D eigenvalue weighted by Crippen LogP contribution is -2.39. The van der Waals surface area contributed by atoms with Crippen LogP contribution in [0, 0.1) is 0 Å². The molecule has 0 rings (SSSR count). The molecule has 0 aromatic rings. The van der Waals surface area contributed by atoms with Gasteiger partial charge in [0.05, 0.1) is 12.7 Å². The Balaban J connectivity index is 3.23. The maximum absolute atomic E-state index is 11.0. The quantitative estimate of drug-likeness (QED) is 0.217. The number of nitrogens with two attached hydrogens (primary N) is 1. The van der Waals surface area contributed by atoms with Crippen molar-refractivity contribution in [2.45, 2.75) is 18.9 Å². The van der Waals surface area contributed by atoms with Gasteiger partial charge in [0.25, 0.3) is 0 Å². The van der Waals surface area contributed by atoms with Gasteiger partial charge in [-0.05, 0) is 26.1 Å². The molecule has 0 aliphatic heterocycles. The molecule has 0 aromatic heterocycles. The molecule has 0 bridgehead atoms. The van der Waals surface area contributed by atoms with Crippen LogP contribution in [0.25, 0.3) is 0 Å². The third-order valence-corrected chi connectivity index (χ3v) is 1.93. The van der Waals surface area contributed by atoms with Crippen LogP contribution in [0.3, 0.4) is 0 Å². The van der Waals surface area contributed by atoms with Crippen LogP contribution in [0.4, 0.5) is 0 Å². The van der Waals surface area contributed by atoms with E-state index in [-0.39, 0.29) is 5.91 Å². The maximum atomic E-state index is 11.0. The lowest BCUT2D eigenvalue weighted by atomic mass is 10.1. The molecule has 6 heteroatoms. The van der Waals surface area contributed by atoms with E-state index < -0.39 is 6.04 Å². The number of aliphatic imine (C=N–C) groups is 1. The van der Waals surface area contributed by atoms with E-state index in [1.165, 1.54) is 0 Å². The molecule has 0 spiro atoms. The van der Waals surface area contributed by atoms with Crippen molar-refractivity contribution >= 4 is 12.6 Å². The molecule has 0 aromatic carbocycles. The number of amides is 1. The fourth-order valence-corrected chi connectivity index (χ4v) is 1.08. The molecule has 0 unspecified atom stereocenters. The Morgan fingerprint density at radius 1 is 1.53 bits per heavy atom. The van der Waals surface area contributed by atoms with E-state index in [0.29, 0.717) is 19.8 Å². The number of carbonyl (C=O) groups excluding carboxylic acids is 1. The molecule has 0 radical (unpaired) electrons. The van der Waals surface area contributed by atoms with Crippen LogP contribution in [0.1, 0.15) is 12.8 Å². The molecule has 15 heavy (non-hydrogen) atoms. The highest BCUT2D eigenvalue weighted by Gasteiger charge is 2.09. The van der Waals surface area contributed by atoms with Gasteiger partial charge in [-0.15, -0.1) is 0 Å². The van der Waals surface area contributed by atoms with E-state index in [4.69, 9.17) is 5.73 Å². The van der Waals surface area contributed by atoms with Crippen molar-refractivity contribution in [3.05, 3.63) is 0 Å². The van der Waals surface area contributed by atoms with Crippen molar-refractivity contribution in [3.63, 3.8) is 0 Å². The van der Waals surface area contributed by atoms with E-state index in [1.54, 1.807) is 7.05 Å². The van der Waals surface area contributed by atoms with Gasteiger partial charge < -0.3 is 16.4 Å². The molecule has 0 saturated carbocycles. The smallest absolute Gasteiger partial charge is 0.236 e. The van der Waals surface area contributed by atoms with Crippen LogP contribution >= 0.6 is 0 Å². The first-order valence-corrected chi connectivity index (χ1v) is 5.03. The average Bonchev–Trinajstić information content (AvgIpc) is 2.26. The lowest BCUT2D eigenvalue weighted by Gasteiger charge is -2.10. The van der Waals surface area contributed by atoms with Crippen molar-refractivity contribution in [2.24, 2.45) is 10.7 Å². The Hall–Kier alpha value is -0.980. The van der Waals surface area contributed by atoms with Crippen molar-refractivity contribution < 1.29 is 4.79 Å². The molecule has 0 aliphatic carbocycles. The van der Waals surface area contributed by atoms with Gasteiger partial charge in [0.1, 0.15) is 0 Å². The number of hydrogen-bond donors (Lipinski definition) is 4. The Labute approximate surface area is 90.7 Å². The van der Waals surface area contributed by atoms with Crippen molar-refractivity contribution in [2.75, 3.05) is 26.9 Å². The summed E-state index contributed by atoms with van der Waals surface area (Å²) >= 11 is 0. The number of nitrogens with zero attached hydrogens (tertiary/aromatic N) is 1. The second-order valence-electron chi connectivity index (χ2n) is 3.17. The maximum Gasteiger partial charge on any atom is 0.236 e. The SMILES string of the molecule is C=NCNCNCCC[C@H](N)C(=O)NC. The van der Waals surface area contributed by atoms with Crippen LogP contribution in [-0.4, -0.2) is 45.6 Å². The van der Waals surface area contributed by atoms with Crippen molar-refractivity contribution in [1.29, 1.82) is 0 Å². The molecule has 5 N–H and O–H groups in total. The number of rotatable bonds is 9. The van der Waals surface area contributed by atoms with Gasteiger partial charge in [-0.3, -0.25) is 15.1 Å². The number of carbonyl (C=O) groups is 1. The van der Waals surface area contributed by atoms with Gasteiger partial charge in [-0.1, -0.05) is 0 Å². The van der Waals surface area contributed by atoms with Crippen molar-refractivity contribution in [3.8, 4) is 0 Å². The summed E-state index contributed by atoms with van der Waals surface area (Å²) in [6.45, 7) is 5.41. The second-order valence-corrected chi connectivity index (χ2v) is 3.17. The summed E-state index contributed by atoms with van der Waals surface area (Å²) in [5.74, 6) is -0.107. The first-order valence-electron chi connectivity index (χ1n) is 5.03. The zero-order valence-electron chi connectivity index (χ0n) is 9.25. The highest BCUT2D eigenvalue weighted by atomic mass is 16.2. The average molecular weight is 215 g/mol. The molecule has 1 amide bonds. The summed E-state index contributed by atoms with van der Waals surface area (Å²) < 4.78 is 0. The standard InChI is InChI=1S/C9H21N5O/c1-11-6-14-7-13-5-3-4-8(10)9(15)12-2/h8,13-14H,1,3-7,10H2,2H3,(H,12,15)/t8-/m0/s1. The summed E-state index contributed by atoms with van der Waals surface area (Å²) in [4.78, 5) is 14.7. The molecule has 88 valence electrons. The molecular weight excluding hydrogens is 194 g/mol. The van der Waals surface area contributed by atoms with Crippen LogP contribution < -0.4 is 21.7 Å². The van der Waals surface area contributed by atoms with E-state index >= 15 is 0 Å². The first-order chi connectivity index (χ1) is 7.22. The number of hydrogen-bond acceptors (Lipinski definition) is 5. The normalized spacial score (nSPS) is 12.1. The van der Waals surface area contributed by atoms with Gasteiger partial charge in [0.15, 0.2) is 0 Å². The fraction of sp³-hybridized carbons (Fsp3) is 0.778. The minimum atomic E-state index is -0.403. The Bertz CT molecular complexity index is 185. The largest absolute Gasteiger partial charge is 0.358 e. The van der Waals surface area contributed by atoms with E-state index in [1.807, 2.05) is 0 Å². The molecule has 0 heterocycles. The minimum absolute atomic E-state index is 0.107. The predicted octanol–water partition coefficient (Wildman–Crippen LogP) is -1.37. The van der Waals surface area contributed by atoms with Crippen LogP contribution in [0.15, 0.2) is 4.99 Å². The van der Waals surface area contributed by atoms with E-state index in [0.717, 1.165) is 13.0 Å². The summed E-state index contributed by atoms with van der Waals surface area (Å²) in [7, 11) is 1.59. The molecule has 6 nitrogen and oxygen atoms in total. The Morgan fingerprint density at radius 2 is 2.27 bits per heavy atom. The third kappa shape index (κ3) is 8.04. The first kappa shape index (κ1) is 14.0. The van der Waals surface area contributed by atoms with Gasteiger partial charge in [-0.2, -0.15) is 0 Å². The summed E-state index contributed by atoms with van der Waals surface area (Å²) in [6, 6.07) is -0.403. The molecule has 1 atom stereocenters. The highest BCUT2D eigenvalue weighted by molar-refractivity contribution is 5.81. The van der Waals surface area contributed by atoms with Gasteiger partial charge >= 0.3 is 0 Å². The van der Waals surface area contributed by atoms with Gasteiger partial charge in [0, 0.05) is 13.7 Å². The Morgan fingerprint density at radius 3 is 2.87 bits per heavy atom. The van der Waals surface area contributed by atoms with Crippen LogP contribution in [-0.2, 0) is 4.79 Å². The van der Waals surface area contributed by atoms with Crippen LogP contribution in [0.5, 0.6) is 0 Å². The second kappa shape index (κ2) is 9.57. The molecule has 0 aliphatic rings. The van der Waals surface area contributed by atoms with Gasteiger partial charge in [-0.25, -0.2) is 0 Å². The zero-order chi connectivity index (χ0) is 11.5. The summed E-state index contributed by atoms with van der Waals surface area (Å²) in [5, 5.41) is 8.67. The highest BCUT2D eigenvalue weighted by Crippen LogP contribution is 1.92.